The molecule has 0 bridgehead atoms. The predicted molar refractivity (Wildman–Crippen MR) is 114 cm³/mol. The summed E-state index contributed by atoms with van der Waals surface area (Å²) >= 11 is 0. The molecule has 1 aliphatic rings. The fraction of sp³-hybridized carbons (Fsp3) is 0.632. The van der Waals surface area contributed by atoms with Gasteiger partial charge in [-0.15, -0.1) is 24.0 Å². The predicted octanol–water partition coefficient (Wildman–Crippen LogP) is 3.24. The Balaban J connectivity index is 0.00000338. The number of ether oxygens (including phenoxy) is 1. The molecule has 1 aromatic carbocycles. The number of aliphatic hydroxyl groups is 1. The van der Waals surface area contributed by atoms with Gasteiger partial charge in [-0.1, -0.05) is 24.6 Å². The first-order chi connectivity index (χ1) is 12.1. The third-order valence-electron chi connectivity index (χ3n) is 4.89. The zero-order chi connectivity index (χ0) is 18.1. The van der Waals surface area contributed by atoms with Gasteiger partial charge in [0.15, 0.2) is 5.96 Å². The fourth-order valence-electron chi connectivity index (χ4n) is 3.12. The standard InChI is InChI=1S/C19H30FN3O2.HI/c1-3-21-18(23-14-19(9-6-10-19)11-12-25-2)22-13-17(24)15-7-4-5-8-16(15)20;/h4-5,7-8,17,24H,3,6,9-14H2,1-2H3,(H2,21,22,23);1H. The monoisotopic (exact) mass is 479 g/mol. The van der Waals surface area contributed by atoms with Gasteiger partial charge in [0.25, 0.3) is 0 Å². The van der Waals surface area contributed by atoms with E-state index in [1.54, 1.807) is 25.3 Å². The minimum Gasteiger partial charge on any atom is -0.386 e. The number of nitrogens with one attached hydrogen (secondary N) is 2. The summed E-state index contributed by atoms with van der Waals surface area (Å²) in [6, 6.07) is 6.29. The van der Waals surface area contributed by atoms with Crippen LogP contribution in [0.2, 0.25) is 0 Å². The number of aliphatic hydroxyl groups excluding tert-OH is 1. The lowest BCUT2D eigenvalue weighted by molar-refractivity contribution is 0.0778. The second kappa shape index (κ2) is 11.7. The lowest BCUT2D eigenvalue weighted by Crippen LogP contribution is -2.41. The maximum Gasteiger partial charge on any atom is 0.191 e. The highest BCUT2D eigenvalue weighted by Crippen LogP contribution is 2.44. The largest absolute Gasteiger partial charge is 0.386 e. The van der Waals surface area contributed by atoms with Crippen molar-refractivity contribution in [3.8, 4) is 0 Å². The number of halogens is 2. The summed E-state index contributed by atoms with van der Waals surface area (Å²) < 4.78 is 19.0. The summed E-state index contributed by atoms with van der Waals surface area (Å²) in [5, 5.41) is 16.5. The molecule has 26 heavy (non-hydrogen) atoms. The molecule has 3 N–H and O–H groups in total. The Labute approximate surface area is 172 Å². The van der Waals surface area contributed by atoms with Crippen molar-refractivity contribution in [1.82, 2.24) is 10.6 Å². The highest BCUT2D eigenvalue weighted by atomic mass is 127. The van der Waals surface area contributed by atoms with Gasteiger partial charge in [0.1, 0.15) is 5.82 Å². The molecule has 1 fully saturated rings. The van der Waals surface area contributed by atoms with Crippen LogP contribution in [0.5, 0.6) is 0 Å². The molecule has 0 radical (unpaired) electrons. The average Bonchev–Trinajstić information content (AvgIpc) is 2.58. The fourth-order valence-corrected chi connectivity index (χ4v) is 3.12. The Bertz CT molecular complexity index is 567. The molecule has 5 nitrogen and oxygen atoms in total. The molecule has 1 saturated carbocycles. The first-order valence-electron chi connectivity index (χ1n) is 9.04. The maximum absolute atomic E-state index is 13.7. The molecule has 0 amide bonds. The van der Waals surface area contributed by atoms with Crippen molar-refractivity contribution >= 4 is 29.9 Å². The number of nitrogens with zero attached hydrogens (tertiary/aromatic N) is 1. The van der Waals surface area contributed by atoms with E-state index in [9.17, 15) is 9.50 Å². The van der Waals surface area contributed by atoms with Crippen LogP contribution in [0.25, 0.3) is 0 Å². The van der Waals surface area contributed by atoms with Crippen LogP contribution in [0, 0.1) is 11.2 Å². The molecule has 0 spiro atoms. The first-order valence-corrected chi connectivity index (χ1v) is 9.04. The number of hydrogen-bond acceptors (Lipinski definition) is 3. The molecule has 0 heterocycles. The molecule has 0 aromatic heterocycles. The Kier molecular flexibility index (Phi) is 10.4. The Morgan fingerprint density at radius 2 is 2.08 bits per heavy atom. The van der Waals surface area contributed by atoms with E-state index in [0.29, 0.717) is 11.5 Å². The van der Waals surface area contributed by atoms with Crippen molar-refractivity contribution in [2.24, 2.45) is 10.4 Å². The number of benzene rings is 1. The van der Waals surface area contributed by atoms with Crippen LogP contribution in [-0.2, 0) is 4.74 Å². The molecule has 2 rings (SSSR count). The molecule has 1 atom stereocenters. The second-order valence-electron chi connectivity index (χ2n) is 6.71. The smallest absolute Gasteiger partial charge is 0.191 e. The van der Waals surface area contributed by atoms with E-state index in [1.807, 2.05) is 6.92 Å². The number of rotatable bonds is 9. The van der Waals surface area contributed by atoms with Crippen LogP contribution in [0.4, 0.5) is 4.39 Å². The van der Waals surface area contributed by atoms with Crippen molar-refractivity contribution in [3.05, 3.63) is 35.6 Å². The molecule has 0 saturated heterocycles. The van der Waals surface area contributed by atoms with Crippen LogP contribution in [0.3, 0.4) is 0 Å². The molecular formula is C19H31FIN3O2. The minimum atomic E-state index is -0.920. The number of methoxy groups -OCH3 is 1. The van der Waals surface area contributed by atoms with E-state index < -0.39 is 11.9 Å². The molecule has 148 valence electrons. The van der Waals surface area contributed by atoms with Gasteiger partial charge in [0.2, 0.25) is 0 Å². The molecule has 1 aliphatic carbocycles. The topological polar surface area (TPSA) is 65.9 Å². The Hall–Kier alpha value is -0.930. The van der Waals surface area contributed by atoms with Gasteiger partial charge in [-0.3, -0.25) is 4.99 Å². The summed E-state index contributed by atoms with van der Waals surface area (Å²) in [7, 11) is 1.73. The van der Waals surface area contributed by atoms with Gasteiger partial charge < -0.3 is 20.5 Å². The van der Waals surface area contributed by atoms with E-state index in [0.717, 1.165) is 26.1 Å². The highest BCUT2D eigenvalue weighted by molar-refractivity contribution is 14.0. The maximum atomic E-state index is 13.7. The van der Waals surface area contributed by atoms with E-state index in [-0.39, 0.29) is 35.9 Å². The summed E-state index contributed by atoms with van der Waals surface area (Å²) in [4.78, 5) is 4.68. The van der Waals surface area contributed by atoms with Gasteiger partial charge >= 0.3 is 0 Å². The molecule has 1 unspecified atom stereocenters. The lowest BCUT2D eigenvalue weighted by atomic mass is 9.67. The van der Waals surface area contributed by atoms with Crippen LogP contribution in [0.1, 0.15) is 44.3 Å². The number of hydrogen-bond donors (Lipinski definition) is 3. The summed E-state index contributed by atoms with van der Waals surface area (Å²) in [6.07, 6.45) is 3.70. The van der Waals surface area contributed by atoms with Crippen LogP contribution >= 0.6 is 24.0 Å². The quantitative estimate of drug-likeness (QED) is 0.289. The van der Waals surface area contributed by atoms with Crippen LogP contribution in [-0.4, -0.2) is 44.4 Å². The van der Waals surface area contributed by atoms with Crippen LogP contribution < -0.4 is 10.6 Å². The van der Waals surface area contributed by atoms with Crippen molar-refractivity contribution in [2.75, 3.05) is 33.4 Å². The zero-order valence-electron chi connectivity index (χ0n) is 15.6. The Morgan fingerprint density at radius 3 is 2.65 bits per heavy atom. The van der Waals surface area contributed by atoms with Gasteiger partial charge in [0.05, 0.1) is 6.10 Å². The zero-order valence-corrected chi connectivity index (χ0v) is 18.0. The van der Waals surface area contributed by atoms with E-state index in [4.69, 9.17) is 4.74 Å². The molecule has 1 aromatic rings. The number of aliphatic imine (C=N–C) groups is 1. The SMILES string of the molecule is CCNC(=NCC1(CCOC)CCC1)NCC(O)c1ccccc1F.I. The van der Waals surface area contributed by atoms with Gasteiger partial charge in [-0.05, 0) is 37.7 Å². The first kappa shape index (κ1) is 23.1. The van der Waals surface area contributed by atoms with Gasteiger partial charge in [-0.2, -0.15) is 0 Å². The molecule has 0 aliphatic heterocycles. The summed E-state index contributed by atoms with van der Waals surface area (Å²) in [6.45, 7) is 4.42. The summed E-state index contributed by atoms with van der Waals surface area (Å²) in [5.41, 5.74) is 0.532. The molecular weight excluding hydrogens is 448 g/mol. The Morgan fingerprint density at radius 1 is 1.35 bits per heavy atom. The highest BCUT2D eigenvalue weighted by Gasteiger charge is 2.36. The normalized spacial score (nSPS) is 17.0. The third kappa shape index (κ3) is 6.66. The third-order valence-corrected chi connectivity index (χ3v) is 4.89. The van der Waals surface area contributed by atoms with Crippen molar-refractivity contribution < 1.29 is 14.2 Å². The van der Waals surface area contributed by atoms with E-state index in [1.165, 1.54) is 25.3 Å². The number of guanidine groups is 1. The lowest BCUT2D eigenvalue weighted by Gasteiger charge is -2.40. The van der Waals surface area contributed by atoms with Crippen molar-refractivity contribution in [2.45, 2.75) is 38.7 Å². The van der Waals surface area contributed by atoms with Gasteiger partial charge in [-0.25, -0.2) is 4.39 Å². The van der Waals surface area contributed by atoms with E-state index in [2.05, 4.69) is 15.6 Å². The second-order valence-corrected chi connectivity index (χ2v) is 6.71. The van der Waals surface area contributed by atoms with E-state index >= 15 is 0 Å². The summed E-state index contributed by atoms with van der Waals surface area (Å²) in [5.74, 6) is 0.258. The minimum absolute atomic E-state index is 0. The van der Waals surface area contributed by atoms with Crippen molar-refractivity contribution in [3.63, 3.8) is 0 Å². The molecule has 7 heteroatoms. The van der Waals surface area contributed by atoms with Gasteiger partial charge in [0, 0.05) is 38.9 Å². The van der Waals surface area contributed by atoms with Crippen LogP contribution in [0.15, 0.2) is 29.3 Å². The average molecular weight is 479 g/mol. The van der Waals surface area contributed by atoms with Crippen molar-refractivity contribution in [1.29, 1.82) is 0 Å².